The number of carbonyl (C=O) groups excluding carboxylic acids is 2. The topological polar surface area (TPSA) is 114 Å². The largest absolute Gasteiger partial charge is 0.490 e. The van der Waals surface area contributed by atoms with Crippen molar-refractivity contribution in [3.8, 4) is 5.75 Å². The van der Waals surface area contributed by atoms with Gasteiger partial charge in [-0.15, -0.1) is 11.3 Å². The minimum atomic E-state index is -4.33. The van der Waals surface area contributed by atoms with Gasteiger partial charge in [-0.3, -0.25) is 4.79 Å². The van der Waals surface area contributed by atoms with Crippen LogP contribution < -0.4 is 15.4 Å². The molecule has 0 saturated carbocycles. The Bertz CT molecular complexity index is 1090. The predicted molar refractivity (Wildman–Crippen MR) is 136 cm³/mol. The second-order valence-corrected chi connectivity index (χ2v) is 10.8. The van der Waals surface area contributed by atoms with E-state index in [-0.39, 0.29) is 42.4 Å². The molecule has 2 rings (SSSR count). The van der Waals surface area contributed by atoms with Gasteiger partial charge in [-0.1, -0.05) is 12.1 Å². The van der Waals surface area contributed by atoms with Gasteiger partial charge in [0.25, 0.3) is 10.0 Å². The normalized spacial score (nSPS) is 11.6. The van der Waals surface area contributed by atoms with Crippen LogP contribution in [0.15, 0.2) is 46.7 Å². The van der Waals surface area contributed by atoms with E-state index in [1.54, 1.807) is 26.0 Å². The molecule has 2 N–H and O–H groups in total. The van der Waals surface area contributed by atoms with Crippen molar-refractivity contribution in [3.63, 3.8) is 0 Å². The first-order chi connectivity index (χ1) is 16.1. The van der Waals surface area contributed by atoms with Crippen molar-refractivity contribution in [2.24, 2.45) is 0 Å². The van der Waals surface area contributed by atoms with Gasteiger partial charge < -0.3 is 20.1 Å². The van der Waals surface area contributed by atoms with Crippen molar-refractivity contribution in [1.82, 2.24) is 14.3 Å². The first-order valence-corrected chi connectivity index (χ1v) is 13.2. The summed E-state index contributed by atoms with van der Waals surface area (Å²) in [5.41, 5.74) is 0.631. The fourth-order valence-corrected chi connectivity index (χ4v) is 4.78. The van der Waals surface area contributed by atoms with Crippen molar-refractivity contribution >= 4 is 52.2 Å². The fourth-order valence-electron chi connectivity index (χ4n) is 2.70. The van der Waals surface area contributed by atoms with Gasteiger partial charge >= 0.3 is 6.03 Å². The van der Waals surface area contributed by atoms with Crippen LogP contribution in [0.1, 0.15) is 24.3 Å². The molecule has 0 spiro atoms. The maximum absolute atomic E-state index is 13.1. The molecule has 1 aromatic carbocycles. The summed E-state index contributed by atoms with van der Waals surface area (Å²) in [7, 11) is -2.83. The summed E-state index contributed by atoms with van der Waals surface area (Å²) in [6, 6.07) is 7.27. The summed E-state index contributed by atoms with van der Waals surface area (Å²) in [6.45, 7) is 4.07. The minimum Gasteiger partial charge on any atom is -0.490 e. The van der Waals surface area contributed by atoms with Crippen LogP contribution in [-0.2, 0) is 26.0 Å². The lowest BCUT2D eigenvalue weighted by Crippen LogP contribution is -2.41. The number of urea groups is 1. The number of ether oxygens (including phenoxy) is 2. The van der Waals surface area contributed by atoms with E-state index in [1.807, 2.05) is 17.5 Å². The lowest BCUT2D eigenvalue weighted by Gasteiger charge is -2.20. The first-order valence-electron chi connectivity index (χ1n) is 10.4. The molecule has 12 heteroatoms. The number of hydrogen-bond donors (Lipinski definition) is 3. The smallest absolute Gasteiger partial charge is 0.341 e. The van der Waals surface area contributed by atoms with Crippen molar-refractivity contribution < 1.29 is 27.5 Å². The van der Waals surface area contributed by atoms with Crippen molar-refractivity contribution in [3.05, 3.63) is 52.2 Å². The highest BCUT2D eigenvalue weighted by atomic mass is 32.3. The van der Waals surface area contributed by atoms with Crippen LogP contribution in [0.25, 0.3) is 6.08 Å². The fraction of sp³-hybridized carbons (Fsp3) is 0.364. The Kier molecular flexibility index (Phi) is 10.9. The van der Waals surface area contributed by atoms with Gasteiger partial charge in [-0.2, -0.15) is 12.1 Å². The van der Waals surface area contributed by atoms with Gasteiger partial charge in [0.15, 0.2) is 0 Å². The van der Waals surface area contributed by atoms with E-state index in [4.69, 9.17) is 9.47 Å². The Morgan fingerprint density at radius 1 is 1.24 bits per heavy atom. The highest BCUT2D eigenvalue weighted by molar-refractivity contribution is 8.00. The van der Waals surface area contributed by atoms with Crippen LogP contribution in [0.2, 0.25) is 0 Å². The zero-order chi connectivity index (χ0) is 25.1. The van der Waals surface area contributed by atoms with Gasteiger partial charge in [0.05, 0.1) is 6.61 Å². The molecule has 1 heterocycles. The number of nitrogens with one attached hydrogen (secondary N) is 2. The van der Waals surface area contributed by atoms with E-state index < -0.39 is 16.1 Å². The third kappa shape index (κ3) is 8.35. The molecule has 0 saturated heterocycles. The van der Waals surface area contributed by atoms with Crippen LogP contribution in [-0.4, -0.2) is 57.0 Å². The molecule has 0 fully saturated rings. The number of methoxy groups -OCH3 is 1. The second-order valence-electron chi connectivity index (χ2n) is 7.36. The van der Waals surface area contributed by atoms with Crippen molar-refractivity contribution in [1.29, 1.82) is 0 Å². The van der Waals surface area contributed by atoms with E-state index in [2.05, 4.69) is 23.4 Å². The molecular weight excluding hydrogens is 498 g/mol. The number of amides is 3. The molecule has 9 nitrogen and oxygen atoms in total. The molecule has 34 heavy (non-hydrogen) atoms. The van der Waals surface area contributed by atoms with E-state index >= 15 is 0 Å². The number of nitrogens with zero attached hydrogens (tertiary/aromatic N) is 1. The minimum absolute atomic E-state index is 0.0695. The van der Waals surface area contributed by atoms with Crippen molar-refractivity contribution in [2.45, 2.75) is 31.2 Å². The second kappa shape index (κ2) is 13.4. The molecular formula is C22H29N3O6S3. The van der Waals surface area contributed by atoms with E-state index in [9.17, 15) is 18.0 Å². The summed E-state index contributed by atoms with van der Waals surface area (Å²) >= 11 is 5.44. The van der Waals surface area contributed by atoms with Crippen LogP contribution in [0.4, 0.5) is 4.79 Å². The molecule has 186 valence electrons. The van der Waals surface area contributed by atoms with Crippen molar-refractivity contribution in [2.75, 3.05) is 26.9 Å². The molecule has 0 atom stereocenters. The summed E-state index contributed by atoms with van der Waals surface area (Å²) < 4.78 is 37.2. The number of thiophene rings is 1. The van der Waals surface area contributed by atoms with Crippen LogP contribution >= 0.6 is 24.2 Å². The van der Waals surface area contributed by atoms with Crippen LogP contribution in [0.5, 0.6) is 5.75 Å². The molecule has 2 aromatic rings. The van der Waals surface area contributed by atoms with Gasteiger partial charge in [0.1, 0.15) is 17.3 Å². The van der Waals surface area contributed by atoms with Gasteiger partial charge in [-0.05, 0) is 68.3 Å². The van der Waals surface area contributed by atoms with E-state index in [0.29, 0.717) is 15.7 Å². The summed E-state index contributed by atoms with van der Waals surface area (Å²) in [4.78, 5) is 25.0. The average molecular weight is 528 g/mol. The molecule has 3 amide bonds. The quantitative estimate of drug-likeness (QED) is 0.222. The summed E-state index contributed by atoms with van der Waals surface area (Å²) in [6.07, 6.45) is 3.53. The Labute approximate surface area is 209 Å². The molecule has 0 aliphatic carbocycles. The number of carbonyl (C=O) groups is 2. The highest BCUT2D eigenvalue weighted by Gasteiger charge is 2.30. The summed E-state index contributed by atoms with van der Waals surface area (Å²) in [5, 5.41) is 7.17. The van der Waals surface area contributed by atoms with E-state index in [0.717, 1.165) is 4.88 Å². The molecule has 0 aliphatic heterocycles. The molecule has 0 aliphatic rings. The number of rotatable bonds is 12. The average Bonchev–Trinajstić information content (AvgIpc) is 3.31. The van der Waals surface area contributed by atoms with E-state index in [1.165, 1.54) is 36.7 Å². The first kappa shape index (κ1) is 27.7. The summed E-state index contributed by atoms with van der Waals surface area (Å²) in [5.74, 6) is -0.187. The molecule has 1 aromatic heterocycles. The number of hydrogen-bond acceptors (Lipinski definition) is 8. The lowest BCUT2D eigenvalue weighted by molar-refractivity contribution is -0.116. The zero-order valence-corrected chi connectivity index (χ0v) is 21.7. The Hall–Kier alpha value is -2.54. The molecule has 0 unspecified atom stereocenters. The predicted octanol–water partition coefficient (Wildman–Crippen LogP) is 3.10. The molecule has 0 radical (unpaired) electrons. The zero-order valence-electron chi connectivity index (χ0n) is 19.2. The van der Waals surface area contributed by atoms with Crippen LogP contribution in [0.3, 0.4) is 0 Å². The number of thiol groups is 1. The maximum atomic E-state index is 13.1. The highest BCUT2D eigenvalue weighted by Crippen LogP contribution is 2.29. The van der Waals surface area contributed by atoms with Crippen LogP contribution in [0, 0.1) is 0 Å². The monoisotopic (exact) mass is 527 g/mol. The third-order valence-electron chi connectivity index (χ3n) is 4.30. The van der Waals surface area contributed by atoms with Gasteiger partial charge in [0, 0.05) is 30.6 Å². The standard InChI is InChI=1S/C22H29N3O6S3/c1-16(2)24-22(27)25(32)34(28,29)20-15-17(6-8-19(20)31-13-12-30-3)10-11-23-21(26)9-7-18-5-4-14-33-18/h4-9,14-16,32H,10-13H2,1-3H3,(H,23,26)(H,24,27)/b9-7+. The number of sulfonamides is 1. The lowest BCUT2D eigenvalue weighted by atomic mass is 10.1. The maximum Gasteiger partial charge on any atom is 0.341 e. The molecule has 0 bridgehead atoms. The van der Waals surface area contributed by atoms with Gasteiger partial charge in [0.2, 0.25) is 5.91 Å². The Morgan fingerprint density at radius 2 is 2.00 bits per heavy atom. The SMILES string of the molecule is COCCOc1ccc(CCNC(=O)/C=C/c2cccs2)cc1S(=O)(=O)N(S)C(=O)NC(C)C. The Morgan fingerprint density at radius 3 is 2.65 bits per heavy atom. The third-order valence-corrected chi connectivity index (χ3v) is 7.46. The Balaban J connectivity index is 2.15. The number of benzene rings is 1. The van der Waals surface area contributed by atoms with Gasteiger partial charge in [-0.25, -0.2) is 4.79 Å².